The van der Waals surface area contributed by atoms with E-state index in [0.717, 1.165) is 11.6 Å². The molecule has 0 spiro atoms. The zero-order valence-electron chi connectivity index (χ0n) is 13.2. The number of carbonyl (C=O) groups is 1. The van der Waals surface area contributed by atoms with Gasteiger partial charge in [-0.1, -0.05) is 6.58 Å². The molecule has 0 heterocycles. The summed E-state index contributed by atoms with van der Waals surface area (Å²) in [6.45, 7) is 3.85. The van der Waals surface area contributed by atoms with Gasteiger partial charge in [-0.25, -0.2) is 4.79 Å². The summed E-state index contributed by atoms with van der Waals surface area (Å²) < 4.78 is 10.5. The summed E-state index contributed by atoms with van der Waals surface area (Å²) in [6, 6.07) is 5.43. The van der Waals surface area contributed by atoms with E-state index in [0.29, 0.717) is 23.7 Å². The minimum absolute atomic E-state index is 0.398. The predicted octanol–water partition coefficient (Wildman–Crippen LogP) is 2.53. The minimum atomic E-state index is -1.04. The molecule has 1 aromatic rings. The summed E-state index contributed by atoms with van der Waals surface area (Å²) in [5.41, 5.74) is 1.31. The number of benzene rings is 1. The zero-order valence-corrected chi connectivity index (χ0v) is 13.2. The van der Waals surface area contributed by atoms with Crippen LogP contribution in [-0.2, 0) is 11.3 Å². The molecule has 1 rings (SSSR count). The van der Waals surface area contributed by atoms with Gasteiger partial charge in [-0.2, -0.15) is 0 Å². The van der Waals surface area contributed by atoms with Crippen LogP contribution in [0.3, 0.4) is 0 Å². The molecule has 0 aliphatic carbocycles. The van der Waals surface area contributed by atoms with E-state index in [1.165, 1.54) is 12.4 Å². The van der Waals surface area contributed by atoms with Crippen molar-refractivity contribution in [1.82, 2.24) is 5.32 Å². The number of ether oxygens (including phenoxy) is 2. The number of aliphatic imine (C=N–C) groups is 1. The third-order valence-electron chi connectivity index (χ3n) is 2.81. The summed E-state index contributed by atoms with van der Waals surface area (Å²) in [4.78, 5) is 14.7. The first-order valence-electron chi connectivity index (χ1n) is 6.80. The van der Waals surface area contributed by atoms with Gasteiger partial charge in [0.1, 0.15) is 11.5 Å². The van der Waals surface area contributed by atoms with Crippen molar-refractivity contribution < 1.29 is 19.4 Å². The second-order valence-electron chi connectivity index (χ2n) is 4.31. The van der Waals surface area contributed by atoms with Crippen molar-refractivity contribution in [2.75, 3.05) is 14.2 Å². The van der Waals surface area contributed by atoms with Gasteiger partial charge in [0.2, 0.25) is 0 Å². The van der Waals surface area contributed by atoms with Crippen LogP contribution in [0.5, 0.6) is 11.5 Å². The summed E-state index contributed by atoms with van der Waals surface area (Å²) in [5, 5.41) is 12.0. The van der Waals surface area contributed by atoms with Gasteiger partial charge in [0.05, 0.1) is 14.2 Å². The molecule has 122 valence electrons. The molecular weight excluding hydrogens is 296 g/mol. The molecular formula is C17H20N2O4. The Labute approximate surface area is 135 Å². The molecule has 23 heavy (non-hydrogen) atoms. The van der Waals surface area contributed by atoms with Crippen molar-refractivity contribution >= 4 is 12.2 Å². The monoisotopic (exact) mass is 316 g/mol. The van der Waals surface area contributed by atoms with Crippen LogP contribution < -0.4 is 14.8 Å². The van der Waals surface area contributed by atoms with E-state index in [1.54, 1.807) is 32.4 Å². The highest BCUT2D eigenvalue weighted by molar-refractivity contribution is 5.81. The van der Waals surface area contributed by atoms with Crippen molar-refractivity contribution in [3.05, 3.63) is 60.5 Å². The molecule has 0 unspecified atom stereocenters. The maximum absolute atomic E-state index is 10.9. The fourth-order valence-electron chi connectivity index (χ4n) is 1.74. The molecule has 0 aliphatic heterocycles. The third-order valence-corrected chi connectivity index (χ3v) is 2.81. The van der Waals surface area contributed by atoms with Gasteiger partial charge < -0.3 is 19.9 Å². The molecule has 6 nitrogen and oxygen atoms in total. The molecule has 0 bridgehead atoms. The van der Waals surface area contributed by atoms with Gasteiger partial charge in [0.15, 0.2) is 0 Å². The Morgan fingerprint density at radius 2 is 2.17 bits per heavy atom. The first-order valence-corrected chi connectivity index (χ1v) is 6.80. The van der Waals surface area contributed by atoms with Crippen molar-refractivity contribution in [2.24, 2.45) is 4.99 Å². The van der Waals surface area contributed by atoms with Crippen LogP contribution in [0, 0.1) is 0 Å². The minimum Gasteiger partial charge on any atom is -0.497 e. The number of hydrogen-bond donors (Lipinski definition) is 2. The van der Waals surface area contributed by atoms with E-state index in [9.17, 15) is 4.79 Å². The lowest BCUT2D eigenvalue weighted by atomic mass is 10.2. The van der Waals surface area contributed by atoms with Gasteiger partial charge in [-0.15, -0.1) is 0 Å². The van der Waals surface area contributed by atoms with Crippen LogP contribution in [-0.4, -0.2) is 31.5 Å². The summed E-state index contributed by atoms with van der Waals surface area (Å²) >= 11 is 0. The number of carboxylic acids is 1. The highest BCUT2D eigenvalue weighted by Gasteiger charge is 2.05. The smallest absolute Gasteiger partial charge is 0.330 e. The second kappa shape index (κ2) is 9.83. The fraction of sp³-hybridized carbons (Fsp3) is 0.176. The van der Waals surface area contributed by atoms with Crippen molar-refractivity contribution in [2.45, 2.75) is 6.54 Å². The van der Waals surface area contributed by atoms with Crippen LogP contribution in [0.25, 0.3) is 0 Å². The first kappa shape index (κ1) is 18.0. The number of nitrogens with zero attached hydrogens (tertiary/aromatic N) is 1. The Morgan fingerprint density at radius 1 is 1.39 bits per heavy atom. The van der Waals surface area contributed by atoms with Crippen LogP contribution in [0.1, 0.15) is 5.56 Å². The Balaban J connectivity index is 2.86. The Bertz CT molecular complexity index is 633. The van der Waals surface area contributed by atoms with E-state index in [-0.39, 0.29) is 0 Å². The van der Waals surface area contributed by atoms with E-state index in [1.807, 2.05) is 12.1 Å². The lowest BCUT2D eigenvalue weighted by molar-refractivity contribution is -0.131. The molecule has 0 aromatic heterocycles. The standard InChI is InChI=1S/C17H20N2O4/c1-4-18-9-5-6-14(10-17(20)21)19-12-13-7-8-15(22-2)11-16(13)23-3/h4-11,19H,1,12H2,2-3H3,(H,20,21)/b6-5-,14-10-,18-9+. The van der Waals surface area contributed by atoms with E-state index >= 15 is 0 Å². The first-order chi connectivity index (χ1) is 11.1. The van der Waals surface area contributed by atoms with Crippen molar-refractivity contribution in [1.29, 1.82) is 0 Å². The number of methoxy groups -OCH3 is 2. The Morgan fingerprint density at radius 3 is 2.78 bits per heavy atom. The fourth-order valence-corrected chi connectivity index (χ4v) is 1.74. The largest absolute Gasteiger partial charge is 0.497 e. The number of nitrogens with one attached hydrogen (secondary N) is 1. The second-order valence-corrected chi connectivity index (χ2v) is 4.31. The van der Waals surface area contributed by atoms with Crippen molar-refractivity contribution in [3.8, 4) is 11.5 Å². The third kappa shape index (κ3) is 6.52. The lowest BCUT2D eigenvalue weighted by Gasteiger charge is -2.12. The lowest BCUT2D eigenvalue weighted by Crippen LogP contribution is -2.13. The van der Waals surface area contributed by atoms with Gasteiger partial charge >= 0.3 is 5.97 Å². The van der Waals surface area contributed by atoms with E-state index < -0.39 is 5.97 Å². The highest BCUT2D eigenvalue weighted by atomic mass is 16.5. The maximum atomic E-state index is 10.9. The van der Waals surface area contributed by atoms with Gasteiger partial charge in [0, 0.05) is 42.4 Å². The normalized spacial score (nSPS) is 11.7. The molecule has 6 heteroatoms. The number of aliphatic carboxylic acids is 1. The number of rotatable bonds is 9. The highest BCUT2D eigenvalue weighted by Crippen LogP contribution is 2.24. The Kier molecular flexibility index (Phi) is 7.71. The molecule has 0 aliphatic rings. The topological polar surface area (TPSA) is 80.2 Å². The molecule has 0 saturated heterocycles. The van der Waals surface area contributed by atoms with Crippen molar-refractivity contribution in [3.63, 3.8) is 0 Å². The number of carboxylic acid groups (broad SMARTS) is 1. The molecule has 0 fully saturated rings. The molecule has 0 amide bonds. The van der Waals surface area contributed by atoms with Crippen LogP contribution in [0.15, 0.2) is 59.9 Å². The molecule has 1 aromatic carbocycles. The molecule has 0 atom stereocenters. The average Bonchev–Trinajstić information content (AvgIpc) is 2.55. The van der Waals surface area contributed by atoms with Gasteiger partial charge in [0.25, 0.3) is 0 Å². The predicted molar refractivity (Wildman–Crippen MR) is 89.9 cm³/mol. The molecule has 0 saturated carbocycles. The summed E-state index contributed by atoms with van der Waals surface area (Å²) in [5.74, 6) is 0.302. The zero-order chi connectivity index (χ0) is 17.1. The summed E-state index contributed by atoms with van der Waals surface area (Å²) in [7, 11) is 3.15. The number of allylic oxidation sites excluding steroid dienone is 2. The van der Waals surface area contributed by atoms with Gasteiger partial charge in [-0.05, 0) is 24.3 Å². The molecule has 0 radical (unpaired) electrons. The van der Waals surface area contributed by atoms with Crippen LogP contribution in [0.2, 0.25) is 0 Å². The van der Waals surface area contributed by atoms with Crippen LogP contribution >= 0.6 is 0 Å². The average molecular weight is 316 g/mol. The van der Waals surface area contributed by atoms with Crippen LogP contribution in [0.4, 0.5) is 0 Å². The number of hydrogen-bond acceptors (Lipinski definition) is 5. The Hall–Kier alpha value is -3.02. The SMILES string of the molecule is C=C/N=C/C=C\C(=C\C(=O)O)NCc1ccc(OC)cc1OC. The quantitative estimate of drug-likeness (QED) is 0.416. The molecule has 2 N–H and O–H groups in total. The summed E-state index contributed by atoms with van der Waals surface area (Å²) in [6.07, 6.45) is 7.21. The van der Waals surface area contributed by atoms with Gasteiger partial charge in [-0.3, -0.25) is 4.99 Å². The van der Waals surface area contributed by atoms with E-state index in [4.69, 9.17) is 14.6 Å². The van der Waals surface area contributed by atoms with E-state index in [2.05, 4.69) is 16.9 Å². The maximum Gasteiger partial charge on any atom is 0.330 e.